The molecule has 0 radical (unpaired) electrons. The summed E-state index contributed by atoms with van der Waals surface area (Å²) in [4.78, 5) is 57.4. The molecule has 3 aromatic carbocycles. The van der Waals surface area contributed by atoms with Crippen molar-refractivity contribution in [3.05, 3.63) is 83.9 Å². The van der Waals surface area contributed by atoms with Gasteiger partial charge < -0.3 is 5.11 Å². The normalized spacial score (nSPS) is 31.8. The number of imide groups is 2. The van der Waals surface area contributed by atoms with Gasteiger partial charge >= 0.3 is 0 Å². The van der Waals surface area contributed by atoms with Crippen LogP contribution >= 0.6 is 0 Å². The highest BCUT2D eigenvalue weighted by atomic mass is 16.3. The number of carbonyl (C=O) groups excluding carboxylic acids is 4. The van der Waals surface area contributed by atoms with Crippen LogP contribution in [0.2, 0.25) is 0 Å². The molecule has 2 aliphatic carbocycles. The lowest BCUT2D eigenvalue weighted by Crippen LogP contribution is -2.48. The second kappa shape index (κ2) is 8.12. The lowest BCUT2D eigenvalue weighted by atomic mass is 9.51. The third kappa shape index (κ3) is 2.98. The van der Waals surface area contributed by atoms with Gasteiger partial charge in [0.2, 0.25) is 23.6 Å². The van der Waals surface area contributed by atoms with Crippen LogP contribution in [0.15, 0.2) is 78.4 Å². The number of likely N-dealkylation sites (tertiary alicyclic amines) is 1. The highest BCUT2D eigenvalue weighted by molar-refractivity contribution is 6.24. The van der Waals surface area contributed by atoms with Crippen LogP contribution in [-0.4, -0.2) is 40.7 Å². The van der Waals surface area contributed by atoms with Gasteiger partial charge in [0.25, 0.3) is 0 Å². The van der Waals surface area contributed by atoms with Gasteiger partial charge in [0.05, 0.1) is 28.9 Å². The van der Waals surface area contributed by atoms with Crippen LogP contribution in [0.25, 0.3) is 10.8 Å². The molecular weight excluding hydrogens is 492 g/mol. The van der Waals surface area contributed by atoms with E-state index >= 15 is 0 Å². The summed E-state index contributed by atoms with van der Waals surface area (Å²) >= 11 is 0. The van der Waals surface area contributed by atoms with Gasteiger partial charge in [0, 0.05) is 18.4 Å². The lowest BCUT2D eigenvalue weighted by Gasteiger charge is -2.49. The van der Waals surface area contributed by atoms with E-state index in [-0.39, 0.29) is 35.3 Å². The highest BCUT2D eigenvalue weighted by Gasteiger charge is 2.67. The second-order valence-corrected chi connectivity index (χ2v) is 11.5. The zero-order valence-corrected chi connectivity index (χ0v) is 21.7. The molecule has 6 atom stereocenters. The van der Waals surface area contributed by atoms with E-state index in [9.17, 15) is 24.3 Å². The molecule has 1 saturated carbocycles. The highest BCUT2D eigenvalue weighted by Crippen LogP contribution is 2.64. The minimum Gasteiger partial charge on any atom is -0.507 e. The number of para-hydroxylation sites is 1. The molecule has 7 nitrogen and oxygen atoms in total. The molecule has 0 bridgehead atoms. The van der Waals surface area contributed by atoms with Crippen molar-refractivity contribution in [2.24, 2.45) is 29.1 Å². The number of carbonyl (C=O) groups is 4. The number of amides is 4. The van der Waals surface area contributed by atoms with Crippen LogP contribution < -0.4 is 4.90 Å². The Balaban J connectivity index is 1.48. The first kappa shape index (κ1) is 23.8. The Morgan fingerprint density at radius 1 is 0.821 bits per heavy atom. The Morgan fingerprint density at radius 2 is 1.51 bits per heavy atom. The van der Waals surface area contributed by atoms with Crippen LogP contribution in [0.3, 0.4) is 0 Å². The van der Waals surface area contributed by atoms with Crippen molar-refractivity contribution in [3.63, 3.8) is 0 Å². The summed E-state index contributed by atoms with van der Waals surface area (Å²) in [5.74, 6) is -3.31. The number of phenols is 1. The van der Waals surface area contributed by atoms with Crippen molar-refractivity contribution in [1.29, 1.82) is 0 Å². The molecule has 2 saturated heterocycles. The fraction of sp³-hybridized carbons (Fsp3) is 0.312. The fourth-order valence-corrected chi connectivity index (χ4v) is 7.90. The molecule has 7 heteroatoms. The van der Waals surface area contributed by atoms with Gasteiger partial charge in [-0.3, -0.25) is 24.1 Å². The van der Waals surface area contributed by atoms with Gasteiger partial charge in [-0.2, -0.15) is 0 Å². The van der Waals surface area contributed by atoms with Gasteiger partial charge in [0.1, 0.15) is 5.75 Å². The Kier molecular flexibility index (Phi) is 4.96. The number of rotatable bonds is 2. The average Bonchev–Trinajstić information content (AvgIpc) is 3.29. The number of hydrogen-bond acceptors (Lipinski definition) is 5. The first-order valence-corrected chi connectivity index (χ1v) is 13.4. The number of anilines is 1. The first-order chi connectivity index (χ1) is 18.7. The van der Waals surface area contributed by atoms with Crippen LogP contribution in [0, 0.1) is 29.1 Å². The summed E-state index contributed by atoms with van der Waals surface area (Å²) in [5, 5.41) is 12.1. The molecule has 2 heterocycles. The molecule has 0 aromatic heterocycles. The van der Waals surface area contributed by atoms with Crippen molar-refractivity contribution in [1.82, 2.24) is 4.90 Å². The van der Waals surface area contributed by atoms with Crippen molar-refractivity contribution in [2.45, 2.75) is 25.7 Å². The maximum Gasteiger partial charge on any atom is 0.241 e. The Morgan fingerprint density at radius 3 is 2.26 bits per heavy atom. The summed E-state index contributed by atoms with van der Waals surface area (Å²) in [7, 11) is 1.53. The van der Waals surface area contributed by atoms with Gasteiger partial charge in [-0.15, -0.1) is 0 Å². The zero-order valence-electron chi connectivity index (χ0n) is 21.7. The zero-order chi connectivity index (χ0) is 27.2. The Labute approximate surface area is 225 Å². The van der Waals surface area contributed by atoms with Crippen molar-refractivity contribution in [2.75, 3.05) is 11.9 Å². The molecule has 1 N–H and O–H groups in total. The molecule has 4 aliphatic rings. The van der Waals surface area contributed by atoms with E-state index < -0.39 is 29.1 Å². The van der Waals surface area contributed by atoms with Crippen molar-refractivity contribution < 1.29 is 24.3 Å². The summed E-state index contributed by atoms with van der Waals surface area (Å²) in [5.41, 5.74) is 1.20. The molecule has 7 rings (SSSR count). The van der Waals surface area contributed by atoms with E-state index in [1.54, 1.807) is 30.3 Å². The van der Waals surface area contributed by atoms with Crippen LogP contribution in [0.4, 0.5) is 5.69 Å². The standard InChI is InChI=1S/C32H28N2O5/c1-32-24(29(37)34(31(32)39)17-8-4-3-5-9-17)16-23-21(12-13-22-26(23)30(38)33(2)28(22)36)27(32)20-14-15-25(35)19-11-7-6-10-18(19)20/h3-12,14-15,22-24,26-27,35H,13,16H2,1-2H3. The van der Waals surface area contributed by atoms with Gasteiger partial charge in [-0.25, -0.2) is 4.90 Å². The van der Waals surface area contributed by atoms with Crippen LogP contribution in [0.1, 0.15) is 31.2 Å². The van der Waals surface area contributed by atoms with Crippen LogP contribution in [-0.2, 0) is 19.2 Å². The number of nitrogens with zero attached hydrogens (tertiary/aromatic N) is 2. The van der Waals surface area contributed by atoms with Gasteiger partial charge in [0.15, 0.2) is 0 Å². The van der Waals surface area contributed by atoms with E-state index in [2.05, 4.69) is 0 Å². The van der Waals surface area contributed by atoms with Crippen molar-refractivity contribution >= 4 is 40.1 Å². The lowest BCUT2D eigenvalue weighted by molar-refractivity contribution is -0.138. The number of phenolic OH excluding ortho intramolecular Hbond substituents is 1. The van der Waals surface area contributed by atoms with Gasteiger partial charge in [-0.05, 0) is 54.8 Å². The summed E-state index contributed by atoms with van der Waals surface area (Å²) < 4.78 is 0. The van der Waals surface area contributed by atoms with Gasteiger partial charge in [-0.1, -0.05) is 60.2 Å². The van der Waals surface area contributed by atoms with E-state index in [1.165, 1.54) is 16.8 Å². The summed E-state index contributed by atoms with van der Waals surface area (Å²) in [6.45, 7) is 1.88. The molecule has 3 fully saturated rings. The first-order valence-electron chi connectivity index (χ1n) is 13.4. The third-order valence-electron chi connectivity index (χ3n) is 9.76. The maximum absolute atomic E-state index is 14.4. The Hall–Kier alpha value is -4.26. The van der Waals surface area contributed by atoms with Crippen LogP contribution in [0.5, 0.6) is 5.75 Å². The number of benzene rings is 3. The summed E-state index contributed by atoms with van der Waals surface area (Å²) in [6, 6.07) is 20.0. The molecule has 39 heavy (non-hydrogen) atoms. The maximum atomic E-state index is 14.4. The number of allylic oxidation sites excluding steroid dienone is 2. The quantitative estimate of drug-likeness (QED) is 0.399. The minimum absolute atomic E-state index is 0.138. The van der Waals surface area contributed by atoms with E-state index in [0.29, 0.717) is 23.9 Å². The smallest absolute Gasteiger partial charge is 0.241 e. The third-order valence-corrected chi connectivity index (χ3v) is 9.76. The Bertz CT molecular complexity index is 1630. The topological polar surface area (TPSA) is 95.0 Å². The number of aromatic hydroxyl groups is 1. The SMILES string of the molecule is CN1C(=O)C2CC=C3C(CC4C(=O)N(c5ccccc5)C(=O)C4(C)C3c3ccc(O)c4ccccc34)C2C1=O. The molecule has 3 aromatic rings. The van der Waals surface area contributed by atoms with Crippen molar-refractivity contribution in [3.8, 4) is 5.75 Å². The monoisotopic (exact) mass is 520 g/mol. The predicted molar refractivity (Wildman–Crippen MR) is 144 cm³/mol. The van der Waals surface area contributed by atoms with E-state index in [4.69, 9.17) is 0 Å². The number of hydrogen-bond donors (Lipinski definition) is 1. The number of fused-ring (bicyclic) bond motifs is 5. The summed E-state index contributed by atoms with van der Waals surface area (Å²) in [6.07, 6.45) is 2.80. The minimum atomic E-state index is -1.11. The molecule has 2 aliphatic heterocycles. The molecular formula is C32H28N2O5. The van der Waals surface area contributed by atoms with E-state index in [1.807, 2.05) is 49.4 Å². The largest absolute Gasteiger partial charge is 0.507 e. The molecule has 6 unspecified atom stereocenters. The average molecular weight is 521 g/mol. The second-order valence-electron chi connectivity index (χ2n) is 11.5. The molecule has 0 spiro atoms. The molecule has 196 valence electrons. The van der Waals surface area contributed by atoms with E-state index in [0.717, 1.165) is 16.5 Å². The fourth-order valence-electron chi connectivity index (χ4n) is 7.90. The molecule has 4 amide bonds. The predicted octanol–water partition coefficient (Wildman–Crippen LogP) is 4.41.